The van der Waals surface area contributed by atoms with Crippen LogP contribution in [-0.2, 0) is 17.9 Å². The number of carbonyl (C=O) groups is 1. The van der Waals surface area contributed by atoms with Crippen molar-refractivity contribution in [1.29, 1.82) is 0 Å². The van der Waals surface area contributed by atoms with Gasteiger partial charge >= 0.3 is 5.97 Å². The minimum atomic E-state index is -0.831. The molecule has 136 valence electrons. The SMILES string of the molecule is CCCCC(Sc1nc(CO)cn1Cc1ccc(OC)cc1)C(=O)O. The van der Waals surface area contributed by atoms with Crippen LogP contribution >= 0.6 is 11.8 Å². The second-order valence-electron chi connectivity index (χ2n) is 5.74. The van der Waals surface area contributed by atoms with E-state index in [1.807, 2.05) is 35.8 Å². The number of nitrogens with zero attached hydrogens (tertiary/aromatic N) is 2. The lowest BCUT2D eigenvalue weighted by molar-refractivity contribution is -0.136. The van der Waals surface area contributed by atoms with Crippen LogP contribution in [0.3, 0.4) is 0 Å². The molecule has 0 aliphatic rings. The zero-order valence-electron chi connectivity index (χ0n) is 14.5. The molecule has 1 aromatic heterocycles. The highest BCUT2D eigenvalue weighted by atomic mass is 32.2. The topological polar surface area (TPSA) is 84.6 Å². The lowest BCUT2D eigenvalue weighted by Crippen LogP contribution is -2.17. The molecule has 0 saturated carbocycles. The van der Waals surface area contributed by atoms with Crippen molar-refractivity contribution < 1.29 is 19.7 Å². The fourth-order valence-electron chi connectivity index (χ4n) is 2.41. The number of thioether (sulfide) groups is 1. The number of carboxylic acid groups (broad SMARTS) is 1. The number of hydrogen-bond donors (Lipinski definition) is 2. The summed E-state index contributed by atoms with van der Waals surface area (Å²) in [5, 5.41) is 18.9. The average Bonchev–Trinajstić information content (AvgIpc) is 3.00. The predicted molar refractivity (Wildman–Crippen MR) is 97.1 cm³/mol. The highest BCUT2D eigenvalue weighted by Crippen LogP contribution is 2.27. The first-order chi connectivity index (χ1) is 12.1. The molecule has 1 heterocycles. The molecule has 0 aliphatic heterocycles. The van der Waals surface area contributed by atoms with Crippen LogP contribution in [0.2, 0.25) is 0 Å². The third-order valence-electron chi connectivity index (χ3n) is 3.81. The van der Waals surface area contributed by atoms with Gasteiger partial charge in [0.15, 0.2) is 5.16 Å². The van der Waals surface area contributed by atoms with Gasteiger partial charge in [-0.05, 0) is 24.1 Å². The van der Waals surface area contributed by atoms with Crippen molar-refractivity contribution in [2.45, 2.75) is 49.7 Å². The molecule has 2 aromatic rings. The quantitative estimate of drug-likeness (QED) is 0.630. The number of hydrogen-bond acceptors (Lipinski definition) is 5. The Bertz CT molecular complexity index is 685. The van der Waals surface area contributed by atoms with Crippen molar-refractivity contribution in [2.24, 2.45) is 0 Å². The van der Waals surface area contributed by atoms with Gasteiger partial charge < -0.3 is 19.5 Å². The number of aliphatic hydroxyl groups excluding tert-OH is 1. The number of rotatable bonds is 10. The number of ether oxygens (including phenoxy) is 1. The molecule has 0 saturated heterocycles. The maximum atomic E-state index is 11.5. The van der Waals surface area contributed by atoms with E-state index in [2.05, 4.69) is 4.98 Å². The van der Waals surface area contributed by atoms with Gasteiger partial charge in [0.2, 0.25) is 0 Å². The van der Waals surface area contributed by atoms with Gasteiger partial charge in [-0.3, -0.25) is 4.79 Å². The Labute approximate surface area is 151 Å². The summed E-state index contributed by atoms with van der Waals surface area (Å²) in [7, 11) is 1.62. The fourth-order valence-corrected chi connectivity index (χ4v) is 3.47. The molecular weight excluding hydrogens is 340 g/mol. The Balaban J connectivity index is 2.19. The Morgan fingerprint density at radius 1 is 1.36 bits per heavy atom. The molecule has 1 aromatic carbocycles. The molecular formula is C18H24N2O4S. The first-order valence-corrected chi connectivity index (χ1v) is 9.14. The van der Waals surface area contributed by atoms with Crippen molar-refractivity contribution >= 4 is 17.7 Å². The van der Waals surface area contributed by atoms with E-state index in [1.54, 1.807) is 13.3 Å². The Morgan fingerprint density at radius 2 is 2.08 bits per heavy atom. The third-order valence-corrected chi connectivity index (χ3v) is 5.07. The zero-order valence-corrected chi connectivity index (χ0v) is 15.3. The summed E-state index contributed by atoms with van der Waals surface area (Å²) in [6.45, 7) is 2.42. The van der Waals surface area contributed by atoms with Crippen molar-refractivity contribution in [2.75, 3.05) is 7.11 Å². The van der Waals surface area contributed by atoms with Crippen LogP contribution in [0.15, 0.2) is 35.6 Å². The van der Waals surface area contributed by atoms with Gasteiger partial charge in [-0.15, -0.1) is 0 Å². The normalized spacial score (nSPS) is 12.1. The lowest BCUT2D eigenvalue weighted by Gasteiger charge is -2.13. The second-order valence-corrected chi connectivity index (χ2v) is 6.91. The van der Waals surface area contributed by atoms with Crippen molar-refractivity contribution in [3.8, 4) is 5.75 Å². The number of benzene rings is 1. The van der Waals surface area contributed by atoms with Gasteiger partial charge in [-0.25, -0.2) is 4.98 Å². The third kappa shape index (κ3) is 5.51. The fraction of sp³-hybridized carbons (Fsp3) is 0.444. The van der Waals surface area contributed by atoms with Crippen molar-refractivity contribution in [1.82, 2.24) is 9.55 Å². The summed E-state index contributed by atoms with van der Waals surface area (Å²) in [5.41, 5.74) is 1.58. The lowest BCUT2D eigenvalue weighted by atomic mass is 10.2. The van der Waals surface area contributed by atoms with E-state index in [0.717, 1.165) is 24.2 Å². The molecule has 0 aliphatic carbocycles. The minimum absolute atomic E-state index is 0.171. The maximum absolute atomic E-state index is 11.5. The number of aromatic nitrogens is 2. The van der Waals surface area contributed by atoms with E-state index < -0.39 is 11.2 Å². The van der Waals surface area contributed by atoms with Crippen LogP contribution < -0.4 is 4.74 Å². The van der Waals surface area contributed by atoms with Crippen LogP contribution in [0.4, 0.5) is 0 Å². The van der Waals surface area contributed by atoms with Crippen LogP contribution in [0.1, 0.15) is 37.4 Å². The van der Waals surface area contributed by atoms with Gasteiger partial charge in [0.05, 0.1) is 19.4 Å². The Kier molecular flexibility index (Phi) is 7.33. The average molecular weight is 364 g/mol. The zero-order chi connectivity index (χ0) is 18.2. The van der Waals surface area contributed by atoms with Crippen LogP contribution in [0.25, 0.3) is 0 Å². The number of aliphatic carboxylic acids is 1. The molecule has 0 radical (unpaired) electrons. The molecule has 0 spiro atoms. The van der Waals surface area contributed by atoms with Gasteiger partial charge in [-0.2, -0.15) is 0 Å². The second kappa shape index (κ2) is 9.48. The molecule has 6 nitrogen and oxygen atoms in total. The monoisotopic (exact) mass is 364 g/mol. The van der Waals surface area contributed by atoms with Gasteiger partial charge in [0.1, 0.15) is 11.0 Å². The molecule has 2 rings (SSSR count). The first kappa shape index (κ1) is 19.3. The minimum Gasteiger partial charge on any atom is -0.497 e. The molecule has 0 amide bonds. The number of unbranched alkanes of at least 4 members (excludes halogenated alkanes) is 1. The Hall–Kier alpha value is -1.99. The smallest absolute Gasteiger partial charge is 0.317 e. The molecule has 0 fully saturated rings. The summed E-state index contributed by atoms with van der Waals surface area (Å²) in [6.07, 6.45) is 4.17. The van der Waals surface area contributed by atoms with E-state index in [1.165, 1.54) is 11.8 Å². The van der Waals surface area contributed by atoms with E-state index >= 15 is 0 Å². The Morgan fingerprint density at radius 3 is 2.64 bits per heavy atom. The molecule has 25 heavy (non-hydrogen) atoms. The van der Waals surface area contributed by atoms with Crippen LogP contribution in [0, 0.1) is 0 Å². The molecule has 1 atom stereocenters. The van der Waals surface area contributed by atoms with E-state index in [0.29, 0.717) is 23.8 Å². The van der Waals surface area contributed by atoms with E-state index in [4.69, 9.17) is 4.74 Å². The largest absolute Gasteiger partial charge is 0.497 e. The number of methoxy groups -OCH3 is 1. The maximum Gasteiger partial charge on any atom is 0.317 e. The van der Waals surface area contributed by atoms with E-state index in [-0.39, 0.29) is 6.61 Å². The van der Waals surface area contributed by atoms with Crippen LogP contribution in [0.5, 0.6) is 5.75 Å². The summed E-state index contributed by atoms with van der Waals surface area (Å²) in [6, 6.07) is 7.68. The van der Waals surface area contributed by atoms with Gasteiger partial charge in [-0.1, -0.05) is 43.7 Å². The van der Waals surface area contributed by atoms with Crippen LogP contribution in [-0.4, -0.2) is 38.1 Å². The van der Waals surface area contributed by atoms with Gasteiger partial charge in [0, 0.05) is 12.7 Å². The summed E-state index contributed by atoms with van der Waals surface area (Å²) >= 11 is 1.24. The highest BCUT2D eigenvalue weighted by Gasteiger charge is 2.21. The van der Waals surface area contributed by atoms with Crippen molar-refractivity contribution in [3.05, 3.63) is 41.7 Å². The van der Waals surface area contributed by atoms with Crippen molar-refractivity contribution in [3.63, 3.8) is 0 Å². The van der Waals surface area contributed by atoms with E-state index in [9.17, 15) is 15.0 Å². The number of imidazole rings is 1. The summed E-state index contributed by atoms with van der Waals surface area (Å²) < 4.78 is 7.05. The first-order valence-electron chi connectivity index (χ1n) is 8.26. The number of carboxylic acids is 1. The standard InChI is InChI=1S/C18H24N2O4S/c1-3-4-5-16(17(22)23)25-18-19-14(12-21)11-20(18)10-13-6-8-15(24-2)9-7-13/h6-9,11,16,21H,3-5,10,12H2,1-2H3,(H,22,23). The molecule has 2 N–H and O–H groups in total. The summed E-state index contributed by atoms with van der Waals surface area (Å²) in [4.78, 5) is 15.9. The summed E-state index contributed by atoms with van der Waals surface area (Å²) in [5.74, 6) is -0.0477. The predicted octanol–water partition coefficient (Wildman–Crippen LogP) is 3.17. The molecule has 1 unspecified atom stereocenters. The highest BCUT2D eigenvalue weighted by molar-refractivity contribution is 8.00. The molecule has 0 bridgehead atoms. The van der Waals surface area contributed by atoms with Gasteiger partial charge in [0.25, 0.3) is 0 Å². The number of aliphatic hydroxyl groups is 1. The molecule has 7 heteroatoms.